The van der Waals surface area contributed by atoms with Crippen LogP contribution in [-0.4, -0.2) is 23.1 Å². The zero-order valence-corrected chi connectivity index (χ0v) is 9.17. The quantitative estimate of drug-likeness (QED) is 0.493. The van der Waals surface area contributed by atoms with Crippen molar-refractivity contribution in [1.82, 2.24) is 0 Å². The number of carbonyl (C=O) groups excluding carboxylic acids is 1. The number of nitrogens with zero attached hydrogens (tertiary/aromatic N) is 1. The van der Waals surface area contributed by atoms with Crippen molar-refractivity contribution in [3.63, 3.8) is 0 Å². The largest absolute Gasteiger partial charge is 0.502 e. The SMILES string of the molecule is COC(=O)c1cc(C2CC2)c(O)c([N+](=O)[O-])c1. The first kappa shape index (κ1) is 11.4. The lowest BCUT2D eigenvalue weighted by molar-refractivity contribution is -0.386. The third-order valence-corrected chi connectivity index (χ3v) is 2.75. The molecule has 17 heavy (non-hydrogen) atoms. The normalized spacial score (nSPS) is 14.4. The number of aromatic hydroxyl groups is 1. The number of rotatable bonds is 3. The minimum absolute atomic E-state index is 0.0962. The average Bonchev–Trinajstić information content (AvgIpc) is 3.12. The summed E-state index contributed by atoms with van der Waals surface area (Å²) in [6.07, 6.45) is 1.74. The van der Waals surface area contributed by atoms with Crippen LogP contribution in [0.25, 0.3) is 0 Å². The average molecular weight is 237 g/mol. The van der Waals surface area contributed by atoms with E-state index in [0.29, 0.717) is 5.56 Å². The molecule has 1 aromatic rings. The lowest BCUT2D eigenvalue weighted by Crippen LogP contribution is -2.04. The van der Waals surface area contributed by atoms with Gasteiger partial charge in [-0.1, -0.05) is 0 Å². The van der Waals surface area contributed by atoms with E-state index in [1.807, 2.05) is 0 Å². The Labute approximate surface area is 97.0 Å². The Morgan fingerprint density at radius 3 is 2.65 bits per heavy atom. The molecule has 1 aromatic carbocycles. The van der Waals surface area contributed by atoms with Crippen LogP contribution in [0.4, 0.5) is 5.69 Å². The number of methoxy groups -OCH3 is 1. The molecule has 90 valence electrons. The highest BCUT2D eigenvalue weighted by Crippen LogP contribution is 2.47. The number of phenolic OH excluding ortho intramolecular Hbond substituents is 1. The topological polar surface area (TPSA) is 89.7 Å². The number of hydrogen-bond donors (Lipinski definition) is 1. The van der Waals surface area contributed by atoms with Crippen molar-refractivity contribution in [2.75, 3.05) is 7.11 Å². The Morgan fingerprint density at radius 2 is 2.18 bits per heavy atom. The number of carbonyl (C=O) groups is 1. The maximum absolute atomic E-state index is 11.4. The Hall–Kier alpha value is -2.11. The summed E-state index contributed by atoms with van der Waals surface area (Å²) in [5, 5.41) is 20.5. The van der Waals surface area contributed by atoms with E-state index in [9.17, 15) is 20.0 Å². The van der Waals surface area contributed by atoms with Gasteiger partial charge in [-0.2, -0.15) is 0 Å². The number of ether oxygens (including phenoxy) is 1. The maximum Gasteiger partial charge on any atom is 0.338 e. The summed E-state index contributed by atoms with van der Waals surface area (Å²) in [5.41, 5.74) is 0.105. The molecule has 1 fully saturated rings. The molecule has 0 aliphatic heterocycles. The van der Waals surface area contributed by atoms with Crippen LogP contribution in [0.5, 0.6) is 5.75 Å². The lowest BCUT2D eigenvalue weighted by atomic mass is 10.0. The monoisotopic (exact) mass is 237 g/mol. The molecular formula is C11H11NO5. The highest BCUT2D eigenvalue weighted by molar-refractivity contribution is 5.91. The van der Waals surface area contributed by atoms with Gasteiger partial charge in [0.15, 0.2) is 5.75 Å². The molecule has 2 rings (SSSR count). The van der Waals surface area contributed by atoms with Gasteiger partial charge in [-0.05, 0) is 24.8 Å². The molecular weight excluding hydrogens is 226 g/mol. The van der Waals surface area contributed by atoms with Gasteiger partial charge in [0.25, 0.3) is 0 Å². The van der Waals surface area contributed by atoms with Crippen LogP contribution in [0.3, 0.4) is 0 Å². The first-order chi connectivity index (χ1) is 8.04. The van der Waals surface area contributed by atoms with Crippen LogP contribution in [0, 0.1) is 10.1 Å². The Morgan fingerprint density at radius 1 is 1.53 bits per heavy atom. The van der Waals surface area contributed by atoms with E-state index >= 15 is 0 Å². The van der Waals surface area contributed by atoms with Gasteiger partial charge < -0.3 is 9.84 Å². The fraction of sp³-hybridized carbons (Fsp3) is 0.364. The van der Waals surface area contributed by atoms with E-state index in [1.54, 1.807) is 0 Å². The fourth-order valence-electron chi connectivity index (χ4n) is 1.72. The summed E-state index contributed by atoms with van der Waals surface area (Å²) < 4.78 is 4.52. The van der Waals surface area contributed by atoms with Crippen molar-refractivity contribution >= 4 is 11.7 Å². The van der Waals surface area contributed by atoms with Gasteiger partial charge in [0.2, 0.25) is 0 Å². The predicted molar refractivity (Wildman–Crippen MR) is 58.1 cm³/mol. The zero-order valence-electron chi connectivity index (χ0n) is 9.17. The molecule has 0 spiro atoms. The molecule has 0 saturated heterocycles. The van der Waals surface area contributed by atoms with Crippen molar-refractivity contribution < 1.29 is 19.6 Å². The Kier molecular flexibility index (Phi) is 2.71. The molecule has 1 saturated carbocycles. The predicted octanol–water partition coefficient (Wildman–Crippen LogP) is 1.96. The van der Waals surface area contributed by atoms with Gasteiger partial charge in [-0.25, -0.2) is 4.79 Å². The summed E-state index contributed by atoms with van der Waals surface area (Å²) in [6.45, 7) is 0. The minimum Gasteiger partial charge on any atom is -0.502 e. The van der Waals surface area contributed by atoms with Crippen molar-refractivity contribution in [2.24, 2.45) is 0 Å². The summed E-state index contributed by atoms with van der Waals surface area (Å²) >= 11 is 0. The van der Waals surface area contributed by atoms with Crippen molar-refractivity contribution in [3.05, 3.63) is 33.4 Å². The van der Waals surface area contributed by atoms with Crippen LogP contribution in [-0.2, 0) is 4.74 Å². The summed E-state index contributed by atoms with van der Waals surface area (Å²) in [6, 6.07) is 2.50. The van der Waals surface area contributed by atoms with Gasteiger partial charge in [0.1, 0.15) is 0 Å². The molecule has 0 radical (unpaired) electrons. The maximum atomic E-state index is 11.4. The summed E-state index contributed by atoms with van der Waals surface area (Å²) in [5.74, 6) is -0.876. The van der Waals surface area contributed by atoms with Crippen LogP contribution in [0.1, 0.15) is 34.7 Å². The third kappa shape index (κ3) is 2.06. The first-order valence-electron chi connectivity index (χ1n) is 5.14. The number of nitro benzene ring substituents is 1. The first-order valence-corrected chi connectivity index (χ1v) is 5.14. The molecule has 0 amide bonds. The number of phenols is 1. The van der Waals surface area contributed by atoms with Crippen LogP contribution < -0.4 is 0 Å². The number of benzene rings is 1. The molecule has 0 aromatic heterocycles. The minimum atomic E-state index is -0.701. The van der Waals surface area contributed by atoms with Crippen LogP contribution in [0.15, 0.2) is 12.1 Å². The third-order valence-electron chi connectivity index (χ3n) is 2.75. The standard InChI is InChI=1S/C11H11NO5/c1-17-11(14)7-4-8(6-2-3-6)10(13)9(5-7)12(15)16/h4-6,13H,2-3H2,1H3. The second-order valence-electron chi connectivity index (χ2n) is 3.96. The molecule has 1 aliphatic carbocycles. The van der Waals surface area contributed by atoms with Crippen LogP contribution >= 0.6 is 0 Å². The van der Waals surface area contributed by atoms with Gasteiger partial charge in [-0.15, -0.1) is 0 Å². The highest BCUT2D eigenvalue weighted by atomic mass is 16.6. The molecule has 0 unspecified atom stereocenters. The van der Waals surface area contributed by atoms with Gasteiger partial charge in [-0.3, -0.25) is 10.1 Å². The second-order valence-corrected chi connectivity index (χ2v) is 3.96. The van der Waals surface area contributed by atoms with Gasteiger partial charge >= 0.3 is 11.7 Å². The number of esters is 1. The molecule has 0 atom stereocenters. The fourth-order valence-corrected chi connectivity index (χ4v) is 1.72. The summed E-state index contributed by atoms with van der Waals surface area (Å²) in [4.78, 5) is 21.4. The summed E-state index contributed by atoms with van der Waals surface area (Å²) in [7, 11) is 1.21. The molecule has 0 bridgehead atoms. The smallest absolute Gasteiger partial charge is 0.338 e. The second kappa shape index (κ2) is 4.04. The van der Waals surface area contributed by atoms with Crippen molar-refractivity contribution in [2.45, 2.75) is 18.8 Å². The van der Waals surface area contributed by atoms with Crippen molar-refractivity contribution in [3.8, 4) is 5.75 Å². The van der Waals surface area contributed by atoms with Gasteiger partial charge in [0.05, 0.1) is 17.6 Å². The van der Waals surface area contributed by atoms with Crippen molar-refractivity contribution in [1.29, 1.82) is 0 Å². The zero-order chi connectivity index (χ0) is 12.6. The van der Waals surface area contributed by atoms with E-state index < -0.39 is 16.6 Å². The molecule has 0 heterocycles. The van der Waals surface area contributed by atoms with Crippen LogP contribution in [0.2, 0.25) is 0 Å². The van der Waals surface area contributed by atoms with E-state index in [-0.39, 0.29) is 17.2 Å². The van der Waals surface area contributed by atoms with E-state index in [2.05, 4.69) is 4.74 Å². The van der Waals surface area contributed by atoms with E-state index in [1.165, 1.54) is 13.2 Å². The van der Waals surface area contributed by atoms with E-state index in [4.69, 9.17) is 0 Å². The van der Waals surface area contributed by atoms with Gasteiger partial charge in [0, 0.05) is 11.6 Å². The number of nitro groups is 1. The lowest BCUT2D eigenvalue weighted by Gasteiger charge is -2.06. The number of hydrogen-bond acceptors (Lipinski definition) is 5. The molecule has 1 aliphatic rings. The molecule has 6 nitrogen and oxygen atoms in total. The molecule has 1 N–H and O–H groups in total. The Bertz CT molecular complexity index is 493. The highest BCUT2D eigenvalue weighted by Gasteiger charge is 2.31. The Balaban J connectivity index is 2.55. The molecule has 6 heteroatoms. The van der Waals surface area contributed by atoms with E-state index in [0.717, 1.165) is 18.9 Å².